The zero-order valence-electron chi connectivity index (χ0n) is 16.9. The van der Waals surface area contributed by atoms with Crippen LogP contribution in [0.25, 0.3) is 16.9 Å². The first-order valence-electron chi connectivity index (χ1n) is 9.62. The van der Waals surface area contributed by atoms with E-state index in [9.17, 15) is 18.0 Å². The number of benzene rings is 1. The summed E-state index contributed by atoms with van der Waals surface area (Å²) in [7, 11) is 0. The summed E-state index contributed by atoms with van der Waals surface area (Å²) < 4.78 is 43.3. The molecule has 0 radical (unpaired) electrons. The number of aromatic nitrogens is 3. The Morgan fingerprint density at radius 3 is 2.60 bits per heavy atom. The Morgan fingerprint density at radius 1 is 1.23 bits per heavy atom. The number of carbonyl (C=O) groups is 1. The van der Waals surface area contributed by atoms with E-state index in [4.69, 9.17) is 0 Å². The van der Waals surface area contributed by atoms with Crippen molar-refractivity contribution in [2.45, 2.75) is 38.8 Å². The minimum atomic E-state index is -3.15. The molecule has 0 spiro atoms. The molecular formula is C21H22F3N5O. The first-order valence-corrected chi connectivity index (χ1v) is 9.62. The number of hydrogen-bond acceptors (Lipinski definition) is 4. The topological polar surface area (TPSA) is 62.5 Å². The molecule has 1 fully saturated rings. The third kappa shape index (κ3) is 3.65. The van der Waals surface area contributed by atoms with Crippen molar-refractivity contribution in [3.05, 3.63) is 53.6 Å². The number of fused-ring (bicyclic) bond motifs is 1. The predicted octanol–water partition coefficient (Wildman–Crippen LogP) is 3.36. The van der Waals surface area contributed by atoms with Crippen LogP contribution >= 0.6 is 0 Å². The van der Waals surface area contributed by atoms with Crippen molar-refractivity contribution in [1.82, 2.24) is 24.8 Å². The molecule has 0 atom stereocenters. The molecule has 3 aromatic rings. The highest BCUT2D eigenvalue weighted by Gasteiger charge is 2.38. The Balaban J connectivity index is 1.77. The van der Waals surface area contributed by atoms with E-state index >= 15 is 0 Å². The average Bonchev–Trinajstić information content (AvgIpc) is 3.07. The van der Waals surface area contributed by atoms with Crippen molar-refractivity contribution < 1.29 is 18.0 Å². The van der Waals surface area contributed by atoms with Gasteiger partial charge in [0.05, 0.1) is 28.7 Å². The number of rotatable bonds is 4. The second-order valence-electron chi connectivity index (χ2n) is 8.08. The lowest BCUT2D eigenvalue weighted by Gasteiger charge is -2.40. The maximum atomic E-state index is 14.4. The number of carbonyl (C=O) groups excluding carboxylic acids is 1. The minimum absolute atomic E-state index is 0.0580. The lowest BCUT2D eigenvalue weighted by Crippen LogP contribution is -2.61. The highest BCUT2D eigenvalue weighted by Crippen LogP contribution is 2.33. The minimum Gasteiger partial charge on any atom is -0.353 e. The number of alkyl halides is 2. The van der Waals surface area contributed by atoms with Crippen LogP contribution in [0.3, 0.4) is 0 Å². The summed E-state index contributed by atoms with van der Waals surface area (Å²) in [6, 6.07) is 6.79. The van der Waals surface area contributed by atoms with E-state index in [-0.39, 0.29) is 17.1 Å². The largest absolute Gasteiger partial charge is 0.353 e. The predicted molar refractivity (Wildman–Crippen MR) is 105 cm³/mol. The molecule has 1 saturated heterocycles. The molecule has 2 aromatic heterocycles. The molecule has 1 aromatic carbocycles. The van der Waals surface area contributed by atoms with Crippen LogP contribution in [-0.2, 0) is 17.3 Å². The lowest BCUT2D eigenvalue weighted by molar-refractivity contribution is -0.135. The van der Waals surface area contributed by atoms with Crippen LogP contribution in [0.1, 0.15) is 32.0 Å². The van der Waals surface area contributed by atoms with E-state index in [0.717, 1.165) is 6.92 Å². The summed E-state index contributed by atoms with van der Waals surface area (Å²) in [4.78, 5) is 18.5. The lowest BCUT2D eigenvalue weighted by atomic mass is 9.99. The van der Waals surface area contributed by atoms with Gasteiger partial charge in [-0.2, -0.15) is 5.10 Å². The summed E-state index contributed by atoms with van der Waals surface area (Å²) in [5.41, 5.74) is 0.403. The average molecular weight is 417 g/mol. The second-order valence-corrected chi connectivity index (χ2v) is 8.08. The Kier molecular flexibility index (Phi) is 4.80. The molecular weight excluding hydrogens is 395 g/mol. The van der Waals surface area contributed by atoms with Crippen molar-refractivity contribution in [2.24, 2.45) is 0 Å². The van der Waals surface area contributed by atoms with Gasteiger partial charge in [0, 0.05) is 32.1 Å². The van der Waals surface area contributed by atoms with Gasteiger partial charge in [0.25, 0.3) is 5.92 Å². The quantitative estimate of drug-likeness (QED) is 0.707. The molecule has 0 bridgehead atoms. The number of halogens is 3. The smallest absolute Gasteiger partial charge is 0.274 e. The number of amides is 1. The van der Waals surface area contributed by atoms with Crippen LogP contribution in [0.2, 0.25) is 0 Å². The molecule has 0 aliphatic carbocycles. The summed E-state index contributed by atoms with van der Waals surface area (Å²) in [5, 5.41) is 7.24. The molecule has 9 heteroatoms. The van der Waals surface area contributed by atoms with Gasteiger partial charge in [0.15, 0.2) is 5.65 Å². The number of hydrogen-bond donors (Lipinski definition) is 1. The van der Waals surface area contributed by atoms with Gasteiger partial charge in [-0.15, -0.1) is 0 Å². The Labute approximate surface area is 171 Å². The fourth-order valence-corrected chi connectivity index (χ4v) is 3.60. The summed E-state index contributed by atoms with van der Waals surface area (Å²) in [5.74, 6) is -3.65. The van der Waals surface area contributed by atoms with E-state index < -0.39 is 17.3 Å². The maximum absolute atomic E-state index is 14.4. The van der Waals surface area contributed by atoms with Crippen molar-refractivity contribution >= 4 is 11.6 Å². The zero-order valence-corrected chi connectivity index (χ0v) is 16.9. The summed E-state index contributed by atoms with van der Waals surface area (Å²) in [6.07, 6.45) is 1.60. The van der Waals surface area contributed by atoms with E-state index in [1.807, 2.05) is 18.7 Å². The van der Waals surface area contributed by atoms with Crippen LogP contribution < -0.4 is 5.32 Å². The fraction of sp³-hybridized carbons (Fsp3) is 0.381. The molecule has 0 unspecified atom stereocenters. The summed E-state index contributed by atoms with van der Waals surface area (Å²) in [6.45, 7) is 5.90. The number of imidazole rings is 1. The molecule has 1 amide bonds. The molecule has 1 aliphatic rings. The number of nitrogens with zero attached hydrogens (tertiary/aromatic N) is 4. The van der Waals surface area contributed by atoms with E-state index in [2.05, 4.69) is 15.4 Å². The number of piperazine rings is 1. The van der Waals surface area contributed by atoms with Crippen LogP contribution in [0, 0.1) is 5.82 Å². The van der Waals surface area contributed by atoms with Crippen LogP contribution in [0.5, 0.6) is 0 Å². The third-order valence-corrected chi connectivity index (χ3v) is 5.45. The van der Waals surface area contributed by atoms with E-state index in [1.54, 1.807) is 6.20 Å². The fourth-order valence-electron chi connectivity index (χ4n) is 3.60. The van der Waals surface area contributed by atoms with E-state index in [0.29, 0.717) is 36.6 Å². The first-order chi connectivity index (χ1) is 14.1. The van der Waals surface area contributed by atoms with Crippen LogP contribution in [0.4, 0.5) is 13.2 Å². The molecule has 1 N–H and O–H groups in total. The summed E-state index contributed by atoms with van der Waals surface area (Å²) >= 11 is 0. The van der Waals surface area contributed by atoms with Gasteiger partial charge in [-0.3, -0.25) is 9.69 Å². The van der Waals surface area contributed by atoms with Gasteiger partial charge in [0.2, 0.25) is 5.91 Å². The van der Waals surface area contributed by atoms with E-state index in [1.165, 1.54) is 34.8 Å². The van der Waals surface area contributed by atoms with Gasteiger partial charge in [-0.1, -0.05) is 0 Å². The normalized spacial score (nSPS) is 17.3. The monoisotopic (exact) mass is 417 g/mol. The second kappa shape index (κ2) is 7.09. The molecule has 0 saturated carbocycles. The highest BCUT2D eigenvalue weighted by molar-refractivity contribution is 5.86. The maximum Gasteiger partial charge on any atom is 0.274 e. The standard InChI is InChI=1S/C21H22F3N5O/c1-20(2)19(30)25-8-9-28(20)11-15-12-29-18(26-15)16(21(3,23)24)10-17(27-29)13-4-6-14(22)7-5-13/h4-7,10,12H,8-9,11H2,1-3H3,(H,25,30). The Bertz CT molecular complexity index is 1100. The van der Waals surface area contributed by atoms with Gasteiger partial charge in [-0.05, 0) is 44.2 Å². The van der Waals surface area contributed by atoms with Crippen LogP contribution in [0.15, 0.2) is 36.5 Å². The van der Waals surface area contributed by atoms with Gasteiger partial charge < -0.3 is 5.32 Å². The van der Waals surface area contributed by atoms with Gasteiger partial charge in [0.1, 0.15) is 5.82 Å². The van der Waals surface area contributed by atoms with Gasteiger partial charge >= 0.3 is 0 Å². The first kappa shape index (κ1) is 20.3. The van der Waals surface area contributed by atoms with Crippen molar-refractivity contribution in [2.75, 3.05) is 13.1 Å². The van der Waals surface area contributed by atoms with Crippen molar-refractivity contribution in [1.29, 1.82) is 0 Å². The Hall–Kier alpha value is -2.94. The Morgan fingerprint density at radius 2 is 1.93 bits per heavy atom. The SMILES string of the molecule is CC(F)(F)c1cc(-c2ccc(F)cc2)nn2cc(CN3CCNC(=O)C3(C)C)nc12. The van der Waals surface area contributed by atoms with Crippen LogP contribution in [-0.4, -0.2) is 44.0 Å². The van der Waals surface area contributed by atoms with Crippen molar-refractivity contribution in [3.8, 4) is 11.3 Å². The molecule has 158 valence electrons. The molecule has 6 nitrogen and oxygen atoms in total. The molecule has 1 aliphatic heterocycles. The molecule has 30 heavy (non-hydrogen) atoms. The van der Waals surface area contributed by atoms with Crippen molar-refractivity contribution in [3.63, 3.8) is 0 Å². The van der Waals surface area contributed by atoms with Gasteiger partial charge in [-0.25, -0.2) is 22.7 Å². The highest BCUT2D eigenvalue weighted by atomic mass is 19.3. The molecule has 3 heterocycles. The molecule has 4 rings (SSSR count). The number of nitrogens with one attached hydrogen (secondary N) is 1. The third-order valence-electron chi connectivity index (χ3n) is 5.45. The zero-order chi connectivity index (χ0) is 21.7.